The summed E-state index contributed by atoms with van der Waals surface area (Å²) in [5.74, 6) is -1.43. The highest BCUT2D eigenvalue weighted by Gasteiger charge is 2.32. The molecule has 0 saturated carbocycles. The van der Waals surface area contributed by atoms with Gasteiger partial charge in [0.25, 0.3) is 0 Å². The van der Waals surface area contributed by atoms with Crippen LogP contribution in [0.3, 0.4) is 0 Å². The molecular formula is C16H14Cl2F3NO5S2. The van der Waals surface area contributed by atoms with Crippen LogP contribution in [0.15, 0.2) is 35.2 Å². The molecule has 160 valence electrons. The lowest BCUT2D eigenvalue weighted by Gasteiger charge is -2.17. The second-order valence-corrected chi connectivity index (χ2v) is 9.50. The molecule has 0 spiro atoms. The van der Waals surface area contributed by atoms with E-state index < -0.39 is 34.1 Å². The molecule has 2 rings (SSSR count). The minimum Gasteiger partial charge on any atom is -0.465 e. The summed E-state index contributed by atoms with van der Waals surface area (Å²) in [6.45, 7) is 1.57. The van der Waals surface area contributed by atoms with E-state index in [1.54, 1.807) is 6.92 Å². The molecule has 0 aliphatic carbocycles. The highest BCUT2D eigenvalue weighted by Crippen LogP contribution is 2.32. The number of sulfonamides is 1. The maximum atomic E-state index is 12.6. The minimum absolute atomic E-state index is 0.0126. The summed E-state index contributed by atoms with van der Waals surface area (Å²) in [5, 5.41) is 0. The van der Waals surface area contributed by atoms with Crippen molar-refractivity contribution >= 4 is 50.5 Å². The number of carbonyl (C=O) groups excluding carboxylic acids is 1. The number of halogens is 5. The highest BCUT2D eigenvalue weighted by atomic mass is 35.5. The largest absolute Gasteiger partial charge is 0.573 e. The number of carbonyl (C=O) groups is 1. The summed E-state index contributed by atoms with van der Waals surface area (Å²) in [6, 6.07) is 3.70. The van der Waals surface area contributed by atoms with E-state index in [1.807, 2.05) is 0 Å². The van der Waals surface area contributed by atoms with E-state index in [9.17, 15) is 26.4 Å². The van der Waals surface area contributed by atoms with Crippen molar-refractivity contribution in [2.75, 3.05) is 6.61 Å². The zero-order chi connectivity index (χ0) is 21.8. The number of hydrogen-bond donors (Lipinski definition) is 1. The van der Waals surface area contributed by atoms with Gasteiger partial charge in [-0.05, 0) is 42.8 Å². The quantitative estimate of drug-likeness (QED) is 0.553. The molecule has 0 saturated heterocycles. The number of benzene rings is 1. The first-order valence-corrected chi connectivity index (χ1v) is 11.0. The summed E-state index contributed by atoms with van der Waals surface area (Å²) in [5.41, 5.74) is 0.441. The molecule has 1 heterocycles. The molecule has 0 aliphatic heterocycles. The van der Waals surface area contributed by atoms with Gasteiger partial charge in [0.2, 0.25) is 10.0 Å². The SMILES string of the molecule is CCOC(=O)[C@H](Cc1cc(Cl)sc1Cl)NS(=O)(=O)c1ccc(OC(F)(F)F)cc1. The van der Waals surface area contributed by atoms with Gasteiger partial charge in [0, 0.05) is 6.42 Å². The Morgan fingerprint density at radius 3 is 2.34 bits per heavy atom. The molecule has 1 atom stereocenters. The molecule has 13 heteroatoms. The number of esters is 1. The van der Waals surface area contributed by atoms with Gasteiger partial charge in [-0.1, -0.05) is 23.2 Å². The summed E-state index contributed by atoms with van der Waals surface area (Å²) in [4.78, 5) is 11.9. The van der Waals surface area contributed by atoms with Crippen molar-refractivity contribution in [3.63, 3.8) is 0 Å². The molecule has 0 bridgehead atoms. The first-order chi connectivity index (χ1) is 13.4. The van der Waals surface area contributed by atoms with Crippen molar-refractivity contribution in [1.82, 2.24) is 4.72 Å². The van der Waals surface area contributed by atoms with Gasteiger partial charge in [-0.2, -0.15) is 4.72 Å². The normalized spacial score (nSPS) is 13.2. The molecule has 29 heavy (non-hydrogen) atoms. The summed E-state index contributed by atoms with van der Waals surface area (Å²) in [6.07, 6.45) is -5.04. The average Bonchev–Trinajstić information content (AvgIpc) is 2.90. The molecule has 0 fully saturated rings. The fourth-order valence-corrected chi connectivity index (χ4v) is 4.92. The Bertz CT molecular complexity index is 962. The van der Waals surface area contributed by atoms with Crippen LogP contribution in [-0.2, 0) is 26.0 Å². The molecule has 0 amide bonds. The third kappa shape index (κ3) is 7.03. The fourth-order valence-electron chi connectivity index (χ4n) is 2.23. The van der Waals surface area contributed by atoms with Crippen LogP contribution in [0.1, 0.15) is 12.5 Å². The van der Waals surface area contributed by atoms with Crippen molar-refractivity contribution in [3.05, 3.63) is 44.6 Å². The summed E-state index contributed by atoms with van der Waals surface area (Å²) < 4.78 is 73.3. The fraction of sp³-hybridized carbons (Fsp3) is 0.312. The topological polar surface area (TPSA) is 81.7 Å². The van der Waals surface area contributed by atoms with Gasteiger partial charge in [0.15, 0.2) is 0 Å². The maximum absolute atomic E-state index is 12.6. The van der Waals surface area contributed by atoms with Crippen molar-refractivity contribution in [1.29, 1.82) is 0 Å². The molecule has 1 aromatic heterocycles. The number of hydrogen-bond acceptors (Lipinski definition) is 6. The molecule has 0 aliphatic rings. The van der Waals surface area contributed by atoms with Crippen LogP contribution in [0.25, 0.3) is 0 Å². The molecule has 1 N–H and O–H groups in total. The predicted molar refractivity (Wildman–Crippen MR) is 102 cm³/mol. The summed E-state index contributed by atoms with van der Waals surface area (Å²) in [7, 11) is -4.27. The third-order valence-electron chi connectivity index (χ3n) is 3.39. The van der Waals surface area contributed by atoms with Crippen molar-refractivity contribution in [2.24, 2.45) is 0 Å². The van der Waals surface area contributed by atoms with Crippen LogP contribution in [0.2, 0.25) is 8.67 Å². The number of alkyl halides is 3. The molecule has 1 aromatic carbocycles. The smallest absolute Gasteiger partial charge is 0.465 e. The van der Waals surface area contributed by atoms with Gasteiger partial charge in [-0.25, -0.2) is 8.42 Å². The van der Waals surface area contributed by atoms with E-state index in [1.165, 1.54) is 6.07 Å². The second kappa shape index (κ2) is 9.52. The number of ether oxygens (including phenoxy) is 2. The molecule has 6 nitrogen and oxygen atoms in total. The lowest BCUT2D eigenvalue weighted by atomic mass is 10.1. The van der Waals surface area contributed by atoms with Crippen molar-refractivity contribution in [3.8, 4) is 5.75 Å². The molecule has 0 radical (unpaired) electrons. The van der Waals surface area contributed by atoms with Gasteiger partial charge in [-0.15, -0.1) is 24.5 Å². The van der Waals surface area contributed by atoms with E-state index in [0.717, 1.165) is 35.6 Å². The lowest BCUT2D eigenvalue weighted by molar-refractivity contribution is -0.274. The Balaban J connectivity index is 2.23. The van der Waals surface area contributed by atoms with Gasteiger partial charge in [-0.3, -0.25) is 4.79 Å². The van der Waals surface area contributed by atoms with Gasteiger partial charge in [0.1, 0.15) is 11.8 Å². The van der Waals surface area contributed by atoms with Crippen molar-refractivity contribution < 1.29 is 35.9 Å². The molecule has 0 unspecified atom stereocenters. The average molecular weight is 492 g/mol. The highest BCUT2D eigenvalue weighted by molar-refractivity contribution is 7.89. The van der Waals surface area contributed by atoms with E-state index >= 15 is 0 Å². The number of nitrogens with one attached hydrogen (secondary N) is 1. The van der Waals surface area contributed by atoms with Gasteiger partial charge >= 0.3 is 12.3 Å². The van der Waals surface area contributed by atoms with Crippen LogP contribution < -0.4 is 9.46 Å². The van der Waals surface area contributed by atoms with Crippen LogP contribution in [0.4, 0.5) is 13.2 Å². The van der Waals surface area contributed by atoms with Gasteiger partial charge < -0.3 is 9.47 Å². The Kier molecular flexibility index (Phi) is 7.80. The van der Waals surface area contributed by atoms with Crippen LogP contribution >= 0.6 is 34.5 Å². The Hall–Kier alpha value is -1.53. The van der Waals surface area contributed by atoms with E-state index in [0.29, 0.717) is 9.90 Å². The first-order valence-electron chi connectivity index (χ1n) is 7.89. The zero-order valence-corrected chi connectivity index (χ0v) is 17.8. The van der Waals surface area contributed by atoms with E-state index in [-0.39, 0.29) is 22.3 Å². The number of rotatable bonds is 8. The molecule has 2 aromatic rings. The Morgan fingerprint density at radius 1 is 1.24 bits per heavy atom. The van der Waals surface area contributed by atoms with Gasteiger partial charge in [0.05, 0.1) is 20.2 Å². The standard InChI is InChI=1S/C16H14Cl2F3NO5S2/c1-2-26-15(23)12(7-9-8-13(17)28-14(9)18)22-29(24,25)11-5-3-10(4-6-11)27-16(19,20)21/h3-6,8,12,22H,2,7H2,1H3/t12-/m0/s1. The second-order valence-electron chi connectivity index (χ2n) is 5.50. The molecular weight excluding hydrogens is 478 g/mol. The third-order valence-corrected chi connectivity index (χ3v) is 6.44. The lowest BCUT2D eigenvalue weighted by Crippen LogP contribution is -2.43. The van der Waals surface area contributed by atoms with Crippen LogP contribution in [0, 0.1) is 0 Å². The monoisotopic (exact) mass is 491 g/mol. The Morgan fingerprint density at radius 2 is 1.86 bits per heavy atom. The maximum Gasteiger partial charge on any atom is 0.573 e. The first kappa shape index (κ1) is 23.7. The van der Waals surface area contributed by atoms with Crippen molar-refractivity contribution in [2.45, 2.75) is 30.6 Å². The van der Waals surface area contributed by atoms with E-state index in [4.69, 9.17) is 27.9 Å². The van der Waals surface area contributed by atoms with Crippen LogP contribution in [0.5, 0.6) is 5.75 Å². The zero-order valence-electron chi connectivity index (χ0n) is 14.6. The Labute approximate surface area is 178 Å². The van der Waals surface area contributed by atoms with Crippen LogP contribution in [-0.4, -0.2) is 33.4 Å². The number of thiophene rings is 1. The minimum atomic E-state index is -4.91. The van der Waals surface area contributed by atoms with E-state index in [2.05, 4.69) is 9.46 Å². The summed E-state index contributed by atoms with van der Waals surface area (Å²) >= 11 is 12.9. The predicted octanol–water partition coefficient (Wildman–Crippen LogP) is 4.41.